The van der Waals surface area contributed by atoms with Gasteiger partial charge in [0.05, 0.1) is 6.61 Å². The molecule has 18 heavy (non-hydrogen) atoms. The molecule has 2 nitrogen and oxygen atoms in total. The maximum absolute atomic E-state index is 5.85. The number of rotatable bonds is 3. The lowest BCUT2D eigenvalue weighted by atomic mass is 10.0. The molecular weight excluding hydrogens is 242 g/mol. The van der Waals surface area contributed by atoms with E-state index in [0.717, 1.165) is 24.4 Å². The quantitative estimate of drug-likeness (QED) is 0.873. The van der Waals surface area contributed by atoms with E-state index in [9.17, 15) is 0 Å². The molecule has 0 aromatic carbocycles. The lowest BCUT2D eigenvalue weighted by molar-refractivity contribution is 0.0647. The first kappa shape index (κ1) is 15.0. The Bertz CT molecular complexity index is 420. The molecule has 1 aromatic heterocycles. The van der Waals surface area contributed by atoms with Crippen molar-refractivity contribution in [1.29, 1.82) is 0 Å². The van der Waals surface area contributed by atoms with Crippen molar-refractivity contribution in [3.8, 4) is 0 Å². The molecule has 1 N–H and O–H groups in total. The summed E-state index contributed by atoms with van der Waals surface area (Å²) in [7, 11) is 0. The number of ether oxygens (including phenoxy) is 1. The van der Waals surface area contributed by atoms with Crippen LogP contribution in [0.3, 0.4) is 0 Å². The average molecular weight is 265 g/mol. The summed E-state index contributed by atoms with van der Waals surface area (Å²) in [5.41, 5.74) is 3.34. The van der Waals surface area contributed by atoms with Gasteiger partial charge in [0.25, 0.3) is 0 Å². The van der Waals surface area contributed by atoms with Gasteiger partial charge >= 0.3 is 0 Å². The number of hydrogen-bond donors (Lipinski definition) is 1. The molecular formula is C15H23NOS. The largest absolute Gasteiger partial charge is 0.367 e. The van der Waals surface area contributed by atoms with Crippen LogP contribution in [0.1, 0.15) is 44.2 Å². The Balaban J connectivity index is 0.000000771. The van der Waals surface area contributed by atoms with Crippen LogP contribution < -0.4 is 5.32 Å². The number of hydrogen-bond acceptors (Lipinski definition) is 3. The molecule has 0 bridgehead atoms. The van der Waals surface area contributed by atoms with E-state index in [1.807, 2.05) is 39.0 Å². The summed E-state index contributed by atoms with van der Waals surface area (Å²) in [5, 5.41) is 5.42. The van der Waals surface area contributed by atoms with Crippen molar-refractivity contribution in [3.05, 3.63) is 45.9 Å². The zero-order valence-electron chi connectivity index (χ0n) is 11.7. The van der Waals surface area contributed by atoms with Crippen molar-refractivity contribution in [1.82, 2.24) is 5.32 Å². The molecule has 2 rings (SSSR count). The summed E-state index contributed by atoms with van der Waals surface area (Å²) in [5.74, 6) is 0. The van der Waals surface area contributed by atoms with Gasteiger partial charge in [0.2, 0.25) is 0 Å². The molecule has 1 aliphatic heterocycles. The Kier molecular flexibility index (Phi) is 6.16. The van der Waals surface area contributed by atoms with Gasteiger partial charge in [-0.25, -0.2) is 0 Å². The molecule has 1 atom stereocenters. The van der Waals surface area contributed by atoms with Crippen LogP contribution in [0, 0.1) is 0 Å². The highest BCUT2D eigenvalue weighted by Gasteiger charge is 2.24. The van der Waals surface area contributed by atoms with E-state index in [-0.39, 0.29) is 6.10 Å². The number of nitrogens with one attached hydrogen (secondary N) is 1. The minimum atomic E-state index is 0.0525. The van der Waals surface area contributed by atoms with Gasteiger partial charge in [-0.05, 0) is 25.3 Å². The second-order valence-corrected chi connectivity index (χ2v) is 4.95. The Morgan fingerprint density at radius 2 is 2.28 bits per heavy atom. The van der Waals surface area contributed by atoms with Crippen LogP contribution in [0.4, 0.5) is 0 Å². The maximum Gasteiger partial charge on any atom is 0.123 e. The van der Waals surface area contributed by atoms with E-state index < -0.39 is 0 Å². The highest BCUT2D eigenvalue weighted by Crippen LogP contribution is 2.34. The van der Waals surface area contributed by atoms with E-state index in [2.05, 4.69) is 29.4 Å². The van der Waals surface area contributed by atoms with Crippen molar-refractivity contribution in [3.63, 3.8) is 0 Å². The highest BCUT2D eigenvalue weighted by molar-refractivity contribution is 7.10. The number of thiophene rings is 1. The Morgan fingerprint density at radius 1 is 1.56 bits per heavy atom. The molecule has 0 radical (unpaired) electrons. The van der Waals surface area contributed by atoms with Gasteiger partial charge in [0, 0.05) is 28.3 Å². The minimum Gasteiger partial charge on any atom is -0.367 e. The second kappa shape index (κ2) is 7.39. The van der Waals surface area contributed by atoms with Gasteiger partial charge < -0.3 is 10.1 Å². The molecule has 1 unspecified atom stereocenters. The molecule has 0 saturated carbocycles. The molecule has 0 spiro atoms. The molecule has 100 valence electrons. The zero-order valence-corrected chi connectivity index (χ0v) is 12.6. The lowest BCUT2D eigenvalue weighted by Crippen LogP contribution is -2.23. The first-order valence-electron chi connectivity index (χ1n) is 6.49. The van der Waals surface area contributed by atoms with Crippen LogP contribution in [0.15, 0.2) is 35.5 Å². The smallest absolute Gasteiger partial charge is 0.123 e. The Labute approximate surface area is 114 Å². The molecule has 0 fully saturated rings. The van der Waals surface area contributed by atoms with Gasteiger partial charge in [-0.3, -0.25) is 0 Å². The van der Waals surface area contributed by atoms with E-state index in [1.54, 1.807) is 0 Å². The third-order valence-corrected chi connectivity index (χ3v) is 3.62. The first-order valence-corrected chi connectivity index (χ1v) is 7.37. The van der Waals surface area contributed by atoms with Crippen molar-refractivity contribution < 1.29 is 4.74 Å². The van der Waals surface area contributed by atoms with E-state index in [4.69, 9.17) is 4.74 Å². The fourth-order valence-electron chi connectivity index (χ4n) is 1.94. The molecule has 0 saturated heterocycles. The van der Waals surface area contributed by atoms with Crippen molar-refractivity contribution in [2.45, 2.75) is 40.2 Å². The molecule has 2 heterocycles. The van der Waals surface area contributed by atoms with E-state index in [0.29, 0.717) is 0 Å². The van der Waals surface area contributed by atoms with Gasteiger partial charge in [-0.1, -0.05) is 26.5 Å². The van der Waals surface area contributed by atoms with Gasteiger partial charge in [-0.15, -0.1) is 11.3 Å². The standard InChI is InChI=1S/C13H17NOS.C2H6/c1-4-11(14-9(2)3)13-10-6-8-16-12(10)5-7-15-13;1-2/h4,6,8,13-14H,2,5,7H2,1,3H3;1-2H3/b11-4-;. The van der Waals surface area contributed by atoms with Gasteiger partial charge in [0.15, 0.2) is 0 Å². The van der Waals surface area contributed by atoms with Crippen LogP contribution in [0.5, 0.6) is 0 Å². The van der Waals surface area contributed by atoms with Crippen LogP contribution in [-0.2, 0) is 11.2 Å². The van der Waals surface area contributed by atoms with Crippen LogP contribution >= 0.6 is 11.3 Å². The average Bonchev–Trinajstić information content (AvgIpc) is 2.86. The van der Waals surface area contributed by atoms with E-state index >= 15 is 0 Å². The molecule has 1 aromatic rings. The number of allylic oxidation sites excluding steroid dienone is 2. The lowest BCUT2D eigenvalue weighted by Gasteiger charge is -2.26. The predicted molar refractivity (Wildman–Crippen MR) is 79.8 cm³/mol. The first-order chi connectivity index (χ1) is 8.72. The summed E-state index contributed by atoms with van der Waals surface area (Å²) in [6.07, 6.45) is 3.15. The maximum atomic E-state index is 5.85. The SMILES string of the molecule is C=C(C)N/C(=C\C)C1OCCc2sccc21.CC. The van der Waals surface area contributed by atoms with Crippen LogP contribution in [0.2, 0.25) is 0 Å². The topological polar surface area (TPSA) is 21.3 Å². The van der Waals surface area contributed by atoms with Gasteiger partial charge in [-0.2, -0.15) is 0 Å². The summed E-state index contributed by atoms with van der Waals surface area (Å²) < 4.78 is 5.85. The monoisotopic (exact) mass is 265 g/mol. The summed E-state index contributed by atoms with van der Waals surface area (Å²) in [6.45, 7) is 12.7. The van der Waals surface area contributed by atoms with Gasteiger partial charge in [0.1, 0.15) is 6.10 Å². The molecule has 0 amide bonds. The van der Waals surface area contributed by atoms with Crippen LogP contribution in [-0.4, -0.2) is 6.61 Å². The summed E-state index contributed by atoms with van der Waals surface area (Å²) in [6, 6.07) is 2.16. The van der Waals surface area contributed by atoms with Crippen molar-refractivity contribution in [2.75, 3.05) is 6.61 Å². The Hall–Kier alpha value is -1.06. The second-order valence-electron chi connectivity index (χ2n) is 3.95. The molecule has 3 heteroatoms. The molecule has 1 aliphatic rings. The predicted octanol–water partition coefficient (Wildman–Crippen LogP) is 4.42. The molecule has 0 aliphatic carbocycles. The Morgan fingerprint density at radius 3 is 2.89 bits per heavy atom. The number of fused-ring (bicyclic) bond motifs is 1. The minimum absolute atomic E-state index is 0.0525. The third kappa shape index (κ3) is 3.47. The van der Waals surface area contributed by atoms with E-state index in [1.165, 1.54) is 10.4 Å². The highest BCUT2D eigenvalue weighted by atomic mass is 32.1. The summed E-state index contributed by atoms with van der Waals surface area (Å²) in [4.78, 5) is 1.44. The fourth-order valence-corrected chi connectivity index (χ4v) is 2.83. The summed E-state index contributed by atoms with van der Waals surface area (Å²) >= 11 is 1.82. The fraction of sp³-hybridized carbons (Fsp3) is 0.467. The van der Waals surface area contributed by atoms with Crippen molar-refractivity contribution >= 4 is 11.3 Å². The zero-order chi connectivity index (χ0) is 13.5. The van der Waals surface area contributed by atoms with Crippen LogP contribution in [0.25, 0.3) is 0 Å². The normalized spacial score (nSPS) is 18.4. The van der Waals surface area contributed by atoms with Crippen molar-refractivity contribution in [2.24, 2.45) is 0 Å². The third-order valence-electron chi connectivity index (χ3n) is 2.63.